The zero-order valence-electron chi connectivity index (χ0n) is 11.9. The van der Waals surface area contributed by atoms with Crippen LogP contribution in [0.25, 0.3) is 0 Å². The molecule has 0 aliphatic heterocycles. The second kappa shape index (κ2) is 7.17. The molecule has 2 rings (SSSR count). The molecule has 1 amide bonds. The Kier molecular flexibility index (Phi) is 5.27. The van der Waals surface area contributed by atoms with E-state index in [-0.39, 0.29) is 11.6 Å². The highest BCUT2D eigenvalue weighted by Crippen LogP contribution is 2.16. The largest absolute Gasteiger partial charge is 0.369 e. The minimum Gasteiger partial charge on any atom is -0.369 e. The van der Waals surface area contributed by atoms with Crippen LogP contribution in [0.5, 0.6) is 0 Å². The third kappa shape index (κ3) is 4.82. The quantitative estimate of drug-likeness (QED) is 0.866. The lowest BCUT2D eigenvalue weighted by Crippen LogP contribution is -2.15. The zero-order valence-corrected chi connectivity index (χ0v) is 13.5. The number of hydrogen-bond donors (Lipinski definition) is 2. The molecule has 6 heteroatoms. The van der Waals surface area contributed by atoms with Crippen molar-refractivity contribution in [2.24, 2.45) is 5.92 Å². The minimum atomic E-state index is -0.281. The van der Waals surface area contributed by atoms with E-state index in [0.29, 0.717) is 17.4 Å². The van der Waals surface area contributed by atoms with Crippen LogP contribution in [0.4, 0.5) is 11.5 Å². The first-order valence-electron chi connectivity index (χ1n) is 6.67. The van der Waals surface area contributed by atoms with Crippen LogP contribution in [-0.2, 0) is 0 Å². The first-order chi connectivity index (χ1) is 10.0. The van der Waals surface area contributed by atoms with Crippen LogP contribution in [-0.4, -0.2) is 22.4 Å². The summed E-state index contributed by atoms with van der Waals surface area (Å²) < 4.78 is 0.902. The van der Waals surface area contributed by atoms with Crippen molar-refractivity contribution < 1.29 is 4.79 Å². The lowest BCUT2D eigenvalue weighted by atomic mass is 10.2. The minimum absolute atomic E-state index is 0.281. The molecular weight excluding hydrogens is 332 g/mol. The van der Waals surface area contributed by atoms with Gasteiger partial charge in [0.1, 0.15) is 11.5 Å². The van der Waals surface area contributed by atoms with E-state index < -0.39 is 0 Å². The van der Waals surface area contributed by atoms with Crippen LogP contribution in [0.3, 0.4) is 0 Å². The van der Waals surface area contributed by atoms with Gasteiger partial charge in [-0.2, -0.15) is 0 Å². The summed E-state index contributed by atoms with van der Waals surface area (Å²) in [7, 11) is 0. The van der Waals surface area contributed by atoms with Crippen LogP contribution in [0, 0.1) is 5.92 Å². The Morgan fingerprint density at radius 1 is 1.29 bits per heavy atom. The Morgan fingerprint density at radius 2 is 2.10 bits per heavy atom. The van der Waals surface area contributed by atoms with Gasteiger partial charge in [0.25, 0.3) is 5.91 Å². The van der Waals surface area contributed by atoms with Crippen molar-refractivity contribution >= 4 is 33.3 Å². The molecule has 0 saturated carbocycles. The Morgan fingerprint density at radius 3 is 2.71 bits per heavy atom. The van der Waals surface area contributed by atoms with Crippen LogP contribution < -0.4 is 10.6 Å². The van der Waals surface area contributed by atoms with Gasteiger partial charge >= 0.3 is 0 Å². The van der Waals surface area contributed by atoms with Crippen molar-refractivity contribution in [2.45, 2.75) is 13.8 Å². The number of nitrogens with one attached hydrogen (secondary N) is 2. The van der Waals surface area contributed by atoms with Gasteiger partial charge in [0, 0.05) is 16.7 Å². The molecule has 0 atom stereocenters. The number of nitrogens with zero attached hydrogens (tertiary/aromatic N) is 2. The number of benzene rings is 1. The average Bonchev–Trinajstić information content (AvgIpc) is 2.45. The zero-order chi connectivity index (χ0) is 15.2. The molecule has 0 aliphatic carbocycles. The standard InChI is InChI=1S/C15H17BrN4O/c1-10(2)7-18-14-9-17-13(8-19-14)15(21)20-12-5-3-4-11(16)6-12/h3-6,8-10H,7H2,1-2H3,(H,18,19)(H,20,21). The normalized spacial score (nSPS) is 10.5. The second-order valence-corrected chi connectivity index (χ2v) is 5.94. The molecule has 0 aliphatic rings. The second-order valence-electron chi connectivity index (χ2n) is 5.03. The Bertz CT molecular complexity index is 613. The first-order valence-corrected chi connectivity index (χ1v) is 7.46. The highest BCUT2D eigenvalue weighted by Gasteiger charge is 2.08. The van der Waals surface area contributed by atoms with Crippen molar-refractivity contribution in [1.82, 2.24) is 9.97 Å². The predicted molar refractivity (Wildman–Crippen MR) is 87.5 cm³/mol. The fourth-order valence-electron chi connectivity index (χ4n) is 1.61. The third-order valence-electron chi connectivity index (χ3n) is 2.66. The van der Waals surface area contributed by atoms with Crippen LogP contribution in [0.1, 0.15) is 24.3 Å². The Balaban J connectivity index is 1.99. The highest BCUT2D eigenvalue weighted by atomic mass is 79.9. The van der Waals surface area contributed by atoms with Gasteiger partial charge in [-0.05, 0) is 24.1 Å². The molecule has 21 heavy (non-hydrogen) atoms. The van der Waals surface area contributed by atoms with E-state index in [9.17, 15) is 4.79 Å². The molecule has 0 spiro atoms. The topological polar surface area (TPSA) is 66.9 Å². The molecule has 2 aromatic rings. The molecule has 0 unspecified atom stereocenters. The number of carbonyl (C=O) groups excluding carboxylic acids is 1. The molecule has 0 fully saturated rings. The smallest absolute Gasteiger partial charge is 0.275 e. The van der Waals surface area contributed by atoms with Crippen molar-refractivity contribution in [3.05, 3.63) is 46.8 Å². The fourth-order valence-corrected chi connectivity index (χ4v) is 2.01. The van der Waals surface area contributed by atoms with Gasteiger partial charge in [0.15, 0.2) is 0 Å². The number of anilines is 2. The number of carbonyl (C=O) groups is 1. The van der Waals surface area contributed by atoms with Gasteiger partial charge in [-0.25, -0.2) is 9.97 Å². The molecule has 1 heterocycles. The van der Waals surface area contributed by atoms with Crippen molar-refractivity contribution in [3.63, 3.8) is 0 Å². The van der Waals surface area contributed by atoms with E-state index in [4.69, 9.17) is 0 Å². The lowest BCUT2D eigenvalue weighted by Gasteiger charge is -2.08. The monoisotopic (exact) mass is 348 g/mol. The molecule has 0 bridgehead atoms. The maximum absolute atomic E-state index is 12.1. The van der Waals surface area contributed by atoms with Crippen LogP contribution in [0.15, 0.2) is 41.1 Å². The van der Waals surface area contributed by atoms with Crippen molar-refractivity contribution in [1.29, 1.82) is 0 Å². The number of amides is 1. The number of hydrogen-bond acceptors (Lipinski definition) is 4. The predicted octanol–water partition coefficient (Wildman–Crippen LogP) is 3.56. The number of aromatic nitrogens is 2. The van der Waals surface area contributed by atoms with Gasteiger partial charge in [0.05, 0.1) is 12.4 Å². The summed E-state index contributed by atoms with van der Waals surface area (Å²) in [6.07, 6.45) is 3.04. The maximum Gasteiger partial charge on any atom is 0.275 e. The molecule has 0 radical (unpaired) electrons. The van der Waals surface area contributed by atoms with E-state index in [1.165, 1.54) is 6.20 Å². The van der Waals surface area contributed by atoms with Gasteiger partial charge in [-0.3, -0.25) is 4.79 Å². The number of halogens is 1. The highest BCUT2D eigenvalue weighted by molar-refractivity contribution is 9.10. The summed E-state index contributed by atoms with van der Waals surface area (Å²) in [5.74, 6) is 0.907. The van der Waals surface area contributed by atoms with Crippen LogP contribution in [0.2, 0.25) is 0 Å². The number of rotatable bonds is 5. The third-order valence-corrected chi connectivity index (χ3v) is 3.15. The van der Waals surface area contributed by atoms with E-state index in [1.54, 1.807) is 6.20 Å². The summed E-state index contributed by atoms with van der Waals surface area (Å²) in [6.45, 7) is 5.04. The van der Waals surface area contributed by atoms with Crippen molar-refractivity contribution in [3.8, 4) is 0 Å². The fraction of sp³-hybridized carbons (Fsp3) is 0.267. The summed E-state index contributed by atoms with van der Waals surface area (Å²) in [4.78, 5) is 20.4. The summed E-state index contributed by atoms with van der Waals surface area (Å²) in [6, 6.07) is 7.38. The first kappa shape index (κ1) is 15.4. The van der Waals surface area contributed by atoms with Gasteiger partial charge in [-0.1, -0.05) is 35.8 Å². The van der Waals surface area contributed by atoms with Gasteiger partial charge < -0.3 is 10.6 Å². The van der Waals surface area contributed by atoms with Crippen LogP contribution >= 0.6 is 15.9 Å². The van der Waals surface area contributed by atoms with Gasteiger partial charge in [-0.15, -0.1) is 0 Å². The van der Waals surface area contributed by atoms with E-state index in [2.05, 4.69) is 50.4 Å². The van der Waals surface area contributed by atoms with Gasteiger partial charge in [0.2, 0.25) is 0 Å². The molecule has 5 nitrogen and oxygen atoms in total. The average molecular weight is 349 g/mol. The lowest BCUT2D eigenvalue weighted by molar-refractivity contribution is 0.102. The SMILES string of the molecule is CC(C)CNc1cnc(C(=O)Nc2cccc(Br)c2)cn1. The summed E-state index contributed by atoms with van der Waals surface area (Å²) in [5, 5.41) is 5.93. The molecule has 1 aromatic carbocycles. The Hall–Kier alpha value is -1.95. The molecule has 2 N–H and O–H groups in total. The van der Waals surface area contributed by atoms with E-state index in [0.717, 1.165) is 11.0 Å². The maximum atomic E-state index is 12.1. The molecule has 0 saturated heterocycles. The Labute approximate surface area is 132 Å². The molecule has 110 valence electrons. The van der Waals surface area contributed by atoms with E-state index in [1.807, 2.05) is 24.3 Å². The molecular formula is C15H17BrN4O. The summed E-state index contributed by atoms with van der Waals surface area (Å²) in [5.41, 5.74) is 0.989. The molecule has 1 aromatic heterocycles. The van der Waals surface area contributed by atoms with Crippen molar-refractivity contribution in [2.75, 3.05) is 17.2 Å². The summed E-state index contributed by atoms with van der Waals surface area (Å²) >= 11 is 3.36. The van der Waals surface area contributed by atoms with E-state index >= 15 is 0 Å².